The number of alkyl halides is 3. The van der Waals surface area contributed by atoms with Gasteiger partial charge in [-0.05, 0) is 31.0 Å². The maximum Gasteiger partial charge on any atom is 0.425 e. The maximum absolute atomic E-state index is 13.3. The lowest BCUT2D eigenvalue weighted by molar-refractivity contribution is -0.134. The first-order valence-corrected chi connectivity index (χ1v) is 10.1. The van der Waals surface area contributed by atoms with Crippen molar-refractivity contribution < 1.29 is 23.1 Å². The third-order valence-electron chi connectivity index (χ3n) is 4.83. The van der Waals surface area contributed by atoms with Crippen LogP contribution >= 0.6 is 11.3 Å². The first kappa shape index (κ1) is 20.5. The van der Waals surface area contributed by atoms with Gasteiger partial charge in [-0.15, -0.1) is 11.3 Å². The molecule has 0 radical (unpaired) electrons. The van der Waals surface area contributed by atoms with Crippen molar-refractivity contribution in [3.8, 4) is 0 Å². The van der Waals surface area contributed by atoms with E-state index in [-0.39, 0.29) is 34.4 Å². The van der Waals surface area contributed by atoms with E-state index < -0.39 is 23.1 Å². The predicted octanol–water partition coefficient (Wildman–Crippen LogP) is 3.49. The highest BCUT2D eigenvalue weighted by Gasteiger charge is 2.35. The lowest BCUT2D eigenvalue weighted by Crippen LogP contribution is -2.30. The molecule has 3 aromatic rings. The summed E-state index contributed by atoms with van der Waals surface area (Å²) >= 11 is 0.445. The first-order valence-electron chi connectivity index (χ1n) is 9.25. The number of pyridine rings is 1. The molecule has 2 N–H and O–H groups in total. The summed E-state index contributed by atoms with van der Waals surface area (Å²) in [5.41, 5.74) is 0.778. The second-order valence-corrected chi connectivity index (χ2v) is 8.12. The molecule has 0 unspecified atom stereocenters. The van der Waals surface area contributed by atoms with E-state index in [2.05, 4.69) is 20.3 Å². The lowest BCUT2D eigenvalue weighted by atomic mass is 10.1. The number of amides is 1. The number of nitrogens with one attached hydrogen (secondary N) is 1. The summed E-state index contributed by atoms with van der Waals surface area (Å²) in [4.78, 5) is 26.0. The number of anilines is 1. The largest absolute Gasteiger partial charge is 0.425 e. The van der Waals surface area contributed by atoms with Crippen LogP contribution in [0.4, 0.5) is 19.1 Å². The summed E-state index contributed by atoms with van der Waals surface area (Å²) in [6, 6.07) is 4.25. The smallest absolute Gasteiger partial charge is 0.391 e. The zero-order chi connectivity index (χ0) is 21.5. The van der Waals surface area contributed by atoms with Crippen LogP contribution in [0.3, 0.4) is 0 Å². The molecule has 3 aromatic heterocycles. The molecule has 1 aliphatic heterocycles. The Morgan fingerprint density at radius 2 is 2.20 bits per heavy atom. The van der Waals surface area contributed by atoms with Crippen molar-refractivity contribution in [3.63, 3.8) is 0 Å². The molecule has 0 spiro atoms. The summed E-state index contributed by atoms with van der Waals surface area (Å²) < 4.78 is 39.8. The number of hydrogen-bond donors (Lipinski definition) is 2. The third kappa shape index (κ3) is 4.08. The van der Waals surface area contributed by atoms with Gasteiger partial charge in [-0.1, -0.05) is 6.07 Å². The number of halogens is 3. The highest BCUT2D eigenvalue weighted by Crippen LogP contribution is 2.39. The minimum Gasteiger partial charge on any atom is -0.391 e. The average Bonchev–Trinajstić information content (AvgIpc) is 3.33. The van der Waals surface area contributed by atoms with Crippen LogP contribution in [0.1, 0.15) is 40.3 Å². The van der Waals surface area contributed by atoms with E-state index in [0.29, 0.717) is 24.3 Å². The highest BCUT2D eigenvalue weighted by atomic mass is 32.1. The number of likely N-dealkylation sites (tertiary alicyclic amines) is 1. The molecule has 11 heteroatoms. The quantitative estimate of drug-likeness (QED) is 0.649. The molecule has 30 heavy (non-hydrogen) atoms. The Bertz CT molecular complexity index is 1070. The van der Waals surface area contributed by atoms with Gasteiger partial charge in [-0.3, -0.25) is 9.78 Å². The lowest BCUT2D eigenvalue weighted by Gasteiger charge is -2.17. The predicted molar refractivity (Wildman–Crippen MR) is 105 cm³/mol. The van der Waals surface area contributed by atoms with E-state index in [9.17, 15) is 23.1 Å². The number of aliphatic hydroxyl groups excluding tert-OH is 1. The Balaban J connectivity index is 1.75. The monoisotopic (exact) mass is 437 g/mol. The van der Waals surface area contributed by atoms with Crippen LogP contribution in [0.15, 0.2) is 30.6 Å². The minimum absolute atomic E-state index is 0.0475. The Hall–Kier alpha value is -2.79. The van der Waals surface area contributed by atoms with E-state index >= 15 is 0 Å². The Kier molecular flexibility index (Phi) is 5.33. The SMILES string of the molecule is C[C@H](Nc1nc(C(=O)N2CC[C@H](O)C2)c2sc(C(F)(F)F)cc2n1)c1cccnc1. The molecule has 0 aliphatic carbocycles. The van der Waals surface area contributed by atoms with Crippen LogP contribution < -0.4 is 5.32 Å². The molecule has 158 valence electrons. The van der Waals surface area contributed by atoms with Crippen molar-refractivity contribution in [2.75, 3.05) is 18.4 Å². The van der Waals surface area contributed by atoms with E-state index in [1.54, 1.807) is 18.5 Å². The van der Waals surface area contributed by atoms with Gasteiger partial charge in [0.05, 0.1) is 22.4 Å². The van der Waals surface area contributed by atoms with Gasteiger partial charge < -0.3 is 15.3 Å². The summed E-state index contributed by atoms with van der Waals surface area (Å²) in [6.07, 6.45) is -1.50. The summed E-state index contributed by atoms with van der Waals surface area (Å²) in [5, 5.41) is 12.8. The number of aromatic nitrogens is 3. The number of thiophene rings is 1. The number of carbonyl (C=O) groups is 1. The first-order chi connectivity index (χ1) is 14.2. The van der Waals surface area contributed by atoms with Gasteiger partial charge in [0.25, 0.3) is 5.91 Å². The standard InChI is InChI=1S/C19H18F3N5O2S/c1-10(11-3-2-5-23-8-11)24-18-25-13-7-14(19(20,21)22)30-16(13)15(26-18)17(29)27-6-4-12(28)9-27/h2-3,5,7-8,10,12,28H,4,6,9H2,1H3,(H,24,25,26)/t10-,12-/m0/s1. The molecule has 7 nitrogen and oxygen atoms in total. The summed E-state index contributed by atoms with van der Waals surface area (Å²) in [7, 11) is 0. The molecule has 4 heterocycles. The number of aliphatic hydroxyl groups is 1. The fraction of sp³-hybridized carbons (Fsp3) is 0.368. The molecule has 0 aromatic carbocycles. The maximum atomic E-state index is 13.3. The number of rotatable bonds is 4. The number of fused-ring (bicyclic) bond motifs is 1. The van der Waals surface area contributed by atoms with Crippen molar-refractivity contribution in [2.24, 2.45) is 0 Å². The number of carbonyl (C=O) groups excluding carboxylic acids is 1. The van der Waals surface area contributed by atoms with Gasteiger partial charge in [0.1, 0.15) is 4.88 Å². The molecule has 4 rings (SSSR count). The van der Waals surface area contributed by atoms with E-state index in [4.69, 9.17) is 0 Å². The highest BCUT2D eigenvalue weighted by molar-refractivity contribution is 7.19. The zero-order valence-electron chi connectivity index (χ0n) is 15.8. The van der Waals surface area contributed by atoms with Gasteiger partial charge in [-0.25, -0.2) is 9.97 Å². The molecule has 1 amide bonds. The van der Waals surface area contributed by atoms with E-state index in [1.807, 2.05) is 13.0 Å². The van der Waals surface area contributed by atoms with Crippen LogP contribution in [0.25, 0.3) is 10.2 Å². The molecular formula is C19H18F3N5O2S. The van der Waals surface area contributed by atoms with Crippen molar-refractivity contribution >= 4 is 33.4 Å². The second kappa shape index (κ2) is 7.80. The molecule has 2 atom stereocenters. The second-order valence-electron chi connectivity index (χ2n) is 7.06. The van der Waals surface area contributed by atoms with Crippen molar-refractivity contribution in [2.45, 2.75) is 31.7 Å². The Labute approximate surface area is 173 Å². The van der Waals surface area contributed by atoms with Crippen LogP contribution in [0, 0.1) is 0 Å². The minimum atomic E-state index is -4.55. The molecular weight excluding hydrogens is 419 g/mol. The van der Waals surface area contributed by atoms with Crippen molar-refractivity contribution in [1.29, 1.82) is 0 Å². The third-order valence-corrected chi connectivity index (χ3v) is 6.01. The van der Waals surface area contributed by atoms with Gasteiger partial charge in [0.15, 0.2) is 5.69 Å². The average molecular weight is 437 g/mol. The molecule has 1 saturated heterocycles. The summed E-state index contributed by atoms with van der Waals surface area (Å²) in [6.45, 7) is 2.27. The fourth-order valence-electron chi connectivity index (χ4n) is 3.26. The number of nitrogens with zero attached hydrogens (tertiary/aromatic N) is 4. The van der Waals surface area contributed by atoms with Crippen LogP contribution in [0.2, 0.25) is 0 Å². The van der Waals surface area contributed by atoms with E-state index in [0.717, 1.165) is 11.6 Å². The number of β-amino-alcohol motifs (C(OH)–C–C–N with tert-alkyl or cyclic N) is 1. The van der Waals surface area contributed by atoms with Crippen LogP contribution in [-0.2, 0) is 6.18 Å². The molecule has 1 aliphatic rings. The zero-order valence-corrected chi connectivity index (χ0v) is 16.7. The van der Waals surface area contributed by atoms with Gasteiger partial charge in [0.2, 0.25) is 5.95 Å². The Morgan fingerprint density at radius 3 is 2.83 bits per heavy atom. The fourth-order valence-corrected chi connectivity index (χ4v) is 4.21. The topological polar surface area (TPSA) is 91.2 Å². The summed E-state index contributed by atoms with van der Waals surface area (Å²) in [5.74, 6) is -0.472. The molecule has 0 saturated carbocycles. The van der Waals surface area contributed by atoms with Crippen LogP contribution in [-0.4, -0.2) is 50.1 Å². The van der Waals surface area contributed by atoms with Gasteiger partial charge in [-0.2, -0.15) is 13.2 Å². The van der Waals surface area contributed by atoms with Gasteiger partial charge >= 0.3 is 6.18 Å². The van der Waals surface area contributed by atoms with Gasteiger partial charge in [0, 0.05) is 25.5 Å². The van der Waals surface area contributed by atoms with Crippen molar-refractivity contribution in [3.05, 3.63) is 46.7 Å². The van der Waals surface area contributed by atoms with E-state index in [1.165, 1.54) is 4.90 Å². The Morgan fingerprint density at radius 1 is 1.40 bits per heavy atom. The van der Waals surface area contributed by atoms with Crippen molar-refractivity contribution in [1.82, 2.24) is 19.9 Å². The van der Waals surface area contributed by atoms with Crippen LogP contribution in [0.5, 0.6) is 0 Å². The molecule has 0 bridgehead atoms. The number of hydrogen-bond acceptors (Lipinski definition) is 7. The normalized spacial score (nSPS) is 18.0. The molecule has 1 fully saturated rings.